The normalized spacial score (nSPS) is 22.9. The van der Waals surface area contributed by atoms with Crippen LogP contribution in [-0.4, -0.2) is 29.2 Å². The lowest BCUT2D eigenvalue weighted by molar-refractivity contribution is 0.175. The lowest BCUT2D eigenvalue weighted by Gasteiger charge is -2.14. The second kappa shape index (κ2) is 4.30. The van der Waals surface area contributed by atoms with Crippen LogP contribution < -0.4 is 0 Å². The molecule has 1 atom stereocenters. The van der Waals surface area contributed by atoms with Gasteiger partial charge in [-0.25, -0.2) is 0 Å². The molecule has 0 aliphatic carbocycles. The summed E-state index contributed by atoms with van der Waals surface area (Å²) in [5.74, 6) is 0. The van der Waals surface area contributed by atoms with Crippen molar-refractivity contribution in [3.8, 4) is 0 Å². The number of halogens is 1. The first-order valence-corrected chi connectivity index (χ1v) is 5.27. The van der Waals surface area contributed by atoms with Crippen LogP contribution in [-0.2, 0) is 6.54 Å². The number of hydrogen-bond donors (Lipinski definition) is 1. The van der Waals surface area contributed by atoms with E-state index < -0.39 is 0 Å². The molecule has 1 heterocycles. The third-order valence-electron chi connectivity index (χ3n) is 2.54. The first-order chi connectivity index (χ1) is 6.74. The maximum atomic E-state index is 9.36. The van der Waals surface area contributed by atoms with Crippen LogP contribution in [0.2, 0.25) is 5.02 Å². The quantitative estimate of drug-likeness (QED) is 0.808. The summed E-state index contributed by atoms with van der Waals surface area (Å²) in [6.07, 6.45) is 0.745. The molecule has 0 bridgehead atoms. The third-order valence-corrected chi connectivity index (χ3v) is 2.78. The molecule has 1 aliphatic heterocycles. The largest absolute Gasteiger partial charge is 0.392 e. The average molecular weight is 212 g/mol. The van der Waals surface area contributed by atoms with E-state index in [4.69, 9.17) is 11.6 Å². The molecule has 0 amide bonds. The van der Waals surface area contributed by atoms with Gasteiger partial charge in [-0.2, -0.15) is 0 Å². The van der Waals surface area contributed by atoms with Gasteiger partial charge in [-0.15, -0.1) is 0 Å². The summed E-state index contributed by atoms with van der Waals surface area (Å²) in [6, 6.07) is 7.89. The monoisotopic (exact) mass is 211 g/mol. The fourth-order valence-electron chi connectivity index (χ4n) is 1.85. The van der Waals surface area contributed by atoms with Crippen LogP contribution in [0.25, 0.3) is 0 Å². The highest BCUT2D eigenvalue weighted by atomic mass is 35.5. The molecule has 0 aromatic heterocycles. The van der Waals surface area contributed by atoms with E-state index in [0.717, 1.165) is 31.1 Å². The number of hydrogen-bond acceptors (Lipinski definition) is 2. The van der Waals surface area contributed by atoms with Crippen LogP contribution in [0.4, 0.5) is 0 Å². The van der Waals surface area contributed by atoms with Crippen molar-refractivity contribution in [2.24, 2.45) is 0 Å². The Bertz CT molecular complexity index is 316. The number of benzene rings is 1. The minimum atomic E-state index is -0.144. The number of nitrogens with zero attached hydrogens (tertiary/aromatic N) is 1. The summed E-state index contributed by atoms with van der Waals surface area (Å²) >= 11 is 5.89. The fourth-order valence-corrected chi connectivity index (χ4v) is 2.06. The first kappa shape index (κ1) is 9.97. The minimum absolute atomic E-state index is 0.144. The van der Waals surface area contributed by atoms with E-state index in [-0.39, 0.29) is 6.10 Å². The van der Waals surface area contributed by atoms with Gasteiger partial charge in [0.15, 0.2) is 0 Å². The topological polar surface area (TPSA) is 23.5 Å². The van der Waals surface area contributed by atoms with Crippen molar-refractivity contribution in [1.29, 1.82) is 0 Å². The molecule has 1 saturated heterocycles. The highest BCUT2D eigenvalue weighted by molar-refractivity contribution is 6.30. The molecular formula is C11H14ClNO. The van der Waals surface area contributed by atoms with Crippen LogP contribution in [0.3, 0.4) is 0 Å². The zero-order chi connectivity index (χ0) is 9.97. The molecule has 2 rings (SSSR count). The lowest BCUT2D eigenvalue weighted by Crippen LogP contribution is -2.21. The van der Waals surface area contributed by atoms with Gasteiger partial charge in [-0.05, 0) is 24.1 Å². The second-order valence-corrected chi connectivity index (χ2v) is 4.24. The fraction of sp³-hybridized carbons (Fsp3) is 0.455. The predicted molar refractivity (Wildman–Crippen MR) is 57.4 cm³/mol. The molecule has 1 aromatic rings. The molecule has 0 saturated carbocycles. The Morgan fingerprint density at radius 2 is 2.36 bits per heavy atom. The van der Waals surface area contributed by atoms with Crippen LogP contribution in [0.15, 0.2) is 24.3 Å². The Hall–Kier alpha value is -0.570. The number of aliphatic hydroxyl groups excluding tert-OH is 1. The SMILES string of the molecule is OC1CCN(Cc2cccc(Cl)c2)C1. The first-order valence-electron chi connectivity index (χ1n) is 4.89. The Morgan fingerprint density at radius 3 is 3.00 bits per heavy atom. The van der Waals surface area contributed by atoms with Crippen molar-refractivity contribution in [3.63, 3.8) is 0 Å². The summed E-state index contributed by atoms with van der Waals surface area (Å²) in [5.41, 5.74) is 1.21. The molecule has 0 spiro atoms. The van der Waals surface area contributed by atoms with E-state index >= 15 is 0 Å². The van der Waals surface area contributed by atoms with Crippen molar-refractivity contribution in [2.45, 2.75) is 19.1 Å². The van der Waals surface area contributed by atoms with Gasteiger partial charge in [0.1, 0.15) is 0 Å². The van der Waals surface area contributed by atoms with E-state index in [1.165, 1.54) is 5.56 Å². The zero-order valence-electron chi connectivity index (χ0n) is 7.99. The van der Waals surface area contributed by atoms with E-state index in [1.807, 2.05) is 18.2 Å². The summed E-state index contributed by atoms with van der Waals surface area (Å²) in [6.45, 7) is 2.65. The molecule has 1 aliphatic rings. The molecule has 14 heavy (non-hydrogen) atoms. The Labute approximate surface area is 89.1 Å². The molecule has 1 fully saturated rings. The van der Waals surface area contributed by atoms with Crippen molar-refractivity contribution in [3.05, 3.63) is 34.9 Å². The molecule has 3 heteroatoms. The third kappa shape index (κ3) is 2.47. The van der Waals surface area contributed by atoms with Crippen molar-refractivity contribution < 1.29 is 5.11 Å². The van der Waals surface area contributed by atoms with Crippen LogP contribution in [0.5, 0.6) is 0 Å². The van der Waals surface area contributed by atoms with Gasteiger partial charge >= 0.3 is 0 Å². The summed E-state index contributed by atoms with van der Waals surface area (Å²) in [7, 11) is 0. The van der Waals surface area contributed by atoms with Crippen LogP contribution in [0, 0.1) is 0 Å². The van der Waals surface area contributed by atoms with Gasteiger partial charge in [0.2, 0.25) is 0 Å². The Morgan fingerprint density at radius 1 is 1.50 bits per heavy atom. The van der Waals surface area contributed by atoms with Crippen molar-refractivity contribution >= 4 is 11.6 Å². The molecule has 76 valence electrons. The maximum Gasteiger partial charge on any atom is 0.0679 e. The minimum Gasteiger partial charge on any atom is -0.392 e. The Kier molecular flexibility index (Phi) is 3.06. The molecule has 2 nitrogen and oxygen atoms in total. The van der Waals surface area contributed by atoms with E-state index in [2.05, 4.69) is 11.0 Å². The lowest BCUT2D eigenvalue weighted by atomic mass is 10.2. The van der Waals surface area contributed by atoms with Gasteiger partial charge in [0, 0.05) is 24.7 Å². The van der Waals surface area contributed by atoms with E-state index in [9.17, 15) is 5.11 Å². The number of β-amino-alcohol motifs (C(OH)–C–C–N with tert-alkyl or cyclic N) is 1. The summed E-state index contributed by atoms with van der Waals surface area (Å²) < 4.78 is 0. The molecule has 1 aromatic carbocycles. The van der Waals surface area contributed by atoms with Crippen LogP contribution in [0.1, 0.15) is 12.0 Å². The smallest absolute Gasteiger partial charge is 0.0679 e. The van der Waals surface area contributed by atoms with Gasteiger partial charge in [0.25, 0.3) is 0 Å². The molecule has 1 unspecified atom stereocenters. The highest BCUT2D eigenvalue weighted by Gasteiger charge is 2.19. The summed E-state index contributed by atoms with van der Waals surface area (Å²) in [5, 5.41) is 10.1. The average Bonchev–Trinajstić information content (AvgIpc) is 2.51. The summed E-state index contributed by atoms with van der Waals surface area (Å²) in [4.78, 5) is 2.25. The van der Waals surface area contributed by atoms with Crippen molar-refractivity contribution in [2.75, 3.05) is 13.1 Å². The van der Waals surface area contributed by atoms with Gasteiger partial charge in [-0.1, -0.05) is 23.7 Å². The number of rotatable bonds is 2. The molecule has 0 radical (unpaired) electrons. The zero-order valence-corrected chi connectivity index (χ0v) is 8.74. The van der Waals surface area contributed by atoms with E-state index in [1.54, 1.807) is 0 Å². The predicted octanol–water partition coefficient (Wildman–Crippen LogP) is 1.91. The van der Waals surface area contributed by atoms with Gasteiger partial charge < -0.3 is 5.11 Å². The standard InChI is InChI=1S/C11H14ClNO/c12-10-3-1-2-9(6-10)7-13-5-4-11(14)8-13/h1-3,6,11,14H,4-5,7-8H2. The molecular weight excluding hydrogens is 198 g/mol. The van der Waals surface area contributed by atoms with Crippen LogP contribution >= 0.6 is 11.6 Å². The second-order valence-electron chi connectivity index (χ2n) is 3.81. The maximum absolute atomic E-state index is 9.36. The number of aliphatic hydroxyl groups is 1. The van der Waals surface area contributed by atoms with Gasteiger partial charge in [0.05, 0.1) is 6.10 Å². The number of likely N-dealkylation sites (tertiary alicyclic amines) is 1. The highest BCUT2D eigenvalue weighted by Crippen LogP contribution is 2.16. The Balaban J connectivity index is 1.97. The van der Waals surface area contributed by atoms with E-state index in [0.29, 0.717) is 0 Å². The van der Waals surface area contributed by atoms with Crippen molar-refractivity contribution in [1.82, 2.24) is 4.90 Å². The van der Waals surface area contributed by atoms with Gasteiger partial charge in [-0.3, -0.25) is 4.90 Å². The molecule has 1 N–H and O–H groups in total.